The van der Waals surface area contributed by atoms with Crippen LogP contribution in [0.5, 0.6) is 0 Å². The Bertz CT molecular complexity index is 258. The average molecular weight is 167 g/mol. The lowest BCUT2D eigenvalue weighted by Crippen LogP contribution is -2.13. The largest absolute Gasteiger partial charge is 0.313 e. The van der Waals surface area contributed by atoms with Gasteiger partial charge in [-0.3, -0.25) is 0 Å². The number of nitrogens with one attached hydrogen (secondary N) is 1. The fourth-order valence-electron chi connectivity index (χ4n) is 1.10. The van der Waals surface area contributed by atoms with Crippen LogP contribution in [0.1, 0.15) is 18.1 Å². The zero-order valence-corrected chi connectivity index (χ0v) is 7.52. The van der Waals surface area contributed by atoms with Gasteiger partial charge in [-0.05, 0) is 19.0 Å². The second-order valence-corrected chi connectivity index (χ2v) is 2.83. The SMILES string of the molecule is CCNCc1cccc(C)c1F. The number of hydrogen-bond donors (Lipinski definition) is 1. The van der Waals surface area contributed by atoms with Gasteiger partial charge in [-0.2, -0.15) is 0 Å². The predicted octanol–water partition coefficient (Wildman–Crippen LogP) is 2.24. The predicted molar refractivity (Wildman–Crippen MR) is 48.5 cm³/mol. The number of benzene rings is 1. The molecule has 0 saturated heterocycles. The fourth-order valence-corrected chi connectivity index (χ4v) is 1.10. The first-order valence-corrected chi connectivity index (χ1v) is 4.20. The number of rotatable bonds is 3. The summed E-state index contributed by atoms with van der Waals surface area (Å²) >= 11 is 0. The smallest absolute Gasteiger partial charge is 0.130 e. The molecule has 0 bridgehead atoms. The highest BCUT2D eigenvalue weighted by Gasteiger charge is 2.02. The van der Waals surface area contributed by atoms with Crippen LogP contribution in [0.2, 0.25) is 0 Å². The van der Waals surface area contributed by atoms with Crippen LogP contribution >= 0.6 is 0 Å². The van der Waals surface area contributed by atoms with Gasteiger partial charge in [0, 0.05) is 12.1 Å². The Morgan fingerprint density at radius 2 is 2.17 bits per heavy atom. The van der Waals surface area contributed by atoms with Crippen molar-refractivity contribution in [1.29, 1.82) is 0 Å². The van der Waals surface area contributed by atoms with Gasteiger partial charge in [0.2, 0.25) is 0 Å². The van der Waals surface area contributed by atoms with Crippen LogP contribution in [-0.2, 0) is 6.54 Å². The molecular weight excluding hydrogens is 153 g/mol. The molecule has 0 amide bonds. The summed E-state index contributed by atoms with van der Waals surface area (Å²) in [5.41, 5.74) is 1.46. The minimum absolute atomic E-state index is 0.0848. The van der Waals surface area contributed by atoms with E-state index in [1.165, 1.54) is 0 Å². The third-order valence-electron chi connectivity index (χ3n) is 1.84. The van der Waals surface area contributed by atoms with Crippen molar-refractivity contribution in [3.05, 3.63) is 35.1 Å². The lowest BCUT2D eigenvalue weighted by molar-refractivity contribution is 0.585. The summed E-state index contributed by atoms with van der Waals surface area (Å²) in [5, 5.41) is 3.09. The second-order valence-electron chi connectivity index (χ2n) is 2.83. The first-order chi connectivity index (χ1) is 5.75. The highest BCUT2D eigenvalue weighted by molar-refractivity contribution is 5.24. The maximum atomic E-state index is 13.3. The Morgan fingerprint density at radius 3 is 2.83 bits per heavy atom. The summed E-state index contributed by atoms with van der Waals surface area (Å²) in [6.45, 7) is 5.27. The van der Waals surface area contributed by atoms with Crippen LogP contribution in [0.4, 0.5) is 4.39 Å². The van der Waals surface area contributed by atoms with Crippen molar-refractivity contribution in [2.24, 2.45) is 0 Å². The molecule has 12 heavy (non-hydrogen) atoms. The molecule has 0 saturated carbocycles. The molecule has 0 aliphatic heterocycles. The molecule has 0 aliphatic carbocycles. The number of hydrogen-bond acceptors (Lipinski definition) is 1. The first kappa shape index (κ1) is 9.20. The van der Waals surface area contributed by atoms with Crippen molar-refractivity contribution >= 4 is 0 Å². The molecule has 0 atom stereocenters. The quantitative estimate of drug-likeness (QED) is 0.728. The van der Waals surface area contributed by atoms with E-state index in [0.717, 1.165) is 12.1 Å². The molecule has 0 aromatic heterocycles. The summed E-state index contributed by atoms with van der Waals surface area (Å²) < 4.78 is 13.3. The van der Waals surface area contributed by atoms with Crippen molar-refractivity contribution in [2.75, 3.05) is 6.54 Å². The van der Waals surface area contributed by atoms with Crippen LogP contribution in [0, 0.1) is 12.7 Å². The third-order valence-corrected chi connectivity index (χ3v) is 1.84. The van der Waals surface area contributed by atoms with E-state index in [0.29, 0.717) is 12.1 Å². The highest BCUT2D eigenvalue weighted by Crippen LogP contribution is 2.10. The van der Waals surface area contributed by atoms with E-state index in [1.54, 1.807) is 13.0 Å². The third kappa shape index (κ3) is 2.05. The average Bonchev–Trinajstić information content (AvgIpc) is 2.08. The number of halogens is 1. The van der Waals surface area contributed by atoms with E-state index in [1.807, 2.05) is 19.1 Å². The molecule has 2 heteroatoms. The number of aryl methyl sites for hydroxylation is 1. The minimum atomic E-state index is -0.0848. The summed E-state index contributed by atoms with van der Waals surface area (Å²) in [7, 11) is 0. The molecule has 1 aromatic rings. The molecule has 0 unspecified atom stereocenters. The Labute approximate surface area is 72.6 Å². The second kappa shape index (κ2) is 4.21. The summed E-state index contributed by atoms with van der Waals surface area (Å²) in [6.07, 6.45) is 0. The van der Waals surface area contributed by atoms with Crippen LogP contribution in [0.3, 0.4) is 0 Å². The summed E-state index contributed by atoms with van der Waals surface area (Å²) in [5.74, 6) is -0.0848. The van der Waals surface area contributed by atoms with E-state index < -0.39 is 0 Å². The van der Waals surface area contributed by atoms with Gasteiger partial charge in [0.15, 0.2) is 0 Å². The van der Waals surface area contributed by atoms with Crippen molar-refractivity contribution in [3.63, 3.8) is 0 Å². The Kier molecular flexibility index (Phi) is 3.23. The zero-order chi connectivity index (χ0) is 8.97. The first-order valence-electron chi connectivity index (χ1n) is 4.20. The van der Waals surface area contributed by atoms with E-state index >= 15 is 0 Å². The maximum absolute atomic E-state index is 13.3. The van der Waals surface area contributed by atoms with E-state index in [2.05, 4.69) is 5.32 Å². The highest BCUT2D eigenvalue weighted by atomic mass is 19.1. The van der Waals surface area contributed by atoms with Crippen molar-refractivity contribution in [3.8, 4) is 0 Å². The van der Waals surface area contributed by atoms with Gasteiger partial charge < -0.3 is 5.32 Å². The van der Waals surface area contributed by atoms with E-state index in [9.17, 15) is 4.39 Å². The van der Waals surface area contributed by atoms with Gasteiger partial charge in [0.05, 0.1) is 0 Å². The van der Waals surface area contributed by atoms with Gasteiger partial charge in [0.25, 0.3) is 0 Å². The molecule has 0 fully saturated rings. The zero-order valence-electron chi connectivity index (χ0n) is 7.52. The van der Waals surface area contributed by atoms with Gasteiger partial charge in [-0.25, -0.2) is 4.39 Å². The normalized spacial score (nSPS) is 10.2. The lowest BCUT2D eigenvalue weighted by atomic mass is 10.1. The summed E-state index contributed by atoms with van der Waals surface area (Å²) in [4.78, 5) is 0. The molecule has 0 radical (unpaired) electrons. The Balaban J connectivity index is 2.78. The van der Waals surface area contributed by atoms with E-state index in [4.69, 9.17) is 0 Å². The molecule has 66 valence electrons. The van der Waals surface area contributed by atoms with Crippen LogP contribution in [0.25, 0.3) is 0 Å². The monoisotopic (exact) mass is 167 g/mol. The maximum Gasteiger partial charge on any atom is 0.130 e. The lowest BCUT2D eigenvalue weighted by Gasteiger charge is -2.04. The van der Waals surface area contributed by atoms with Crippen LogP contribution in [0.15, 0.2) is 18.2 Å². The minimum Gasteiger partial charge on any atom is -0.313 e. The molecule has 1 aromatic carbocycles. The van der Waals surface area contributed by atoms with Crippen LogP contribution < -0.4 is 5.32 Å². The molecule has 0 aliphatic rings. The van der Waals surface area contributed by atoms with Crippen molar-refractivity contribution in [2.45, 2.75) is 20.4 Å². The standard InChI is InChI=1S/C10H14FN/c1-3-12-7-9-6-4-5-8(2)10(9)11/h4-6,12H,3,7H2,1-2H3. The molecule has 1 rings (SSSR count). The molecule has 0 spiro atoms. The van der Waals surface area contributed by atoms with Crippen molar-refractivity contribution < 1.29 is 4.39 Å². The van der Waals surface area contributed by atoms with Gasteiger partial charge in [-0.15, -0.1) is 0 Å². The van der Waals surface area contributed by atoms with Gasteiger partial charge in [0.1, 0.15) is 5.82 Å². The molecule has 1 nitrogen and oxygen atoms in total. The fraction of sp³-hybridized carbons (Fsp3) is 0.400. The topological polar surface area (TPSA) is 12.0 Å². The van der Waals surface area contributed by atoms with Gasteiger partial charge in [-0.1, -0.05) is 25.1 Å². The summed E-state index contributed by atoms with van der Waals surface area (Å²) in [6, 6.07) is 5.47. The molecule has 1 N–H and O–H groups in total. The molecular formula is C10H14FN. The van der Waals surface area contributed by atoms with E-state index in [-0.39, 0.29) is 5.82 Å². The van der Waals surface area contributed by atoms with Crippen LogP contribution in [-0.4, -0.2) is 6.54 Å². The molecule has 0 heterocycles. The van der Waals surface area contributed by atoms with Crippen molar-refractivity contribution in [1.82, 2.24) is 5.32 Å². The Hall–Kier alpha value is -0.890. The Morgan fingerprint density at radius 1 is 1.42 bits per heavy atom. The van der Waals surface area contributed by atoms with Gasteiger partial charge >= 0.3 is 0 Å².